The molecule has 0 atom stereocenters. The Morgan fingerprint density at radius 3 is 1.84 bits per heavy atom. The van der Waals surface area contributed by atoms with Crippen molar-refractivity contribution in [3.8, 4) is 5.82 Å². The first-order valence-electron chi connectivity index (χ1n) is 8.70. The fraction of sp³-hybridized carbons (Fsp3) is 0.100. The third-order valence-electron chi connectivity index (χ3n) is 3.54. The van der Waals surface area contributed by atoms with Crippen LogP contribution in [0.1, 0.15) is 34.6 Å². The van der Waals surface area contributed by atoms with E-state index >= 15 is 0 Å². The van der Waals surface area contributed by atoms with Gasteiger partial charge in [-0.1, -0.05) is 0 Å². The van der Waals surface area contributed by atoms with E-state index < -0.39 is 11.8 Å². The quantitative estimate of drug-likeness (QED) is 0.393. The van der Waals surface area contributed by atoms with Gasteiger partial charge in [-0.05, 0) is 38.1 Å². The lowest BCUT2D eigenvalue weighted by molar-refractivity contribution is 0.100. The minimum atomic E-state index is -0.565. The van der Waals surface area contributed by atoms with Gasteiger partial charge in [-0.15, -0.1) is 0 Å². The maximum absolute atomic E-state index is 12.7. The molecule has 0 saturated carbocycles. The first-order valence-corrected chi connectivity index (χ1v) is 8.70. The van der Waals surface area contributed by atoms with Crippen LogP contribution in [0.4, 0.5) is 13.2 Å². The van der Waals surface area contributed by atoms with Crippen LogP contribution in [0, 0.1) is 17.6 Å². The molecule has 0 unspecified atom stereocenters. The molecule has 0 aliphatic carbocycles. The van der Waals surface area contributed by atoms with Crippen LogP contribution in [0.5, 0.6) is 0 Å². The Bertz CT molecular complexity index is 1110. The van der Waals surface area contributed by atoms with Gasteiger partial charge < -0.3 is 0 Å². The average Bonchev–Trinajstić information content (AvgIpc) is 3.40. The molecule has 0 amide bonds. The number of ketones is 2. The maximum atomic E-state index is 12.7. The number of Topliss-reactive ketones (excluding diaryl/α,β-unsaturated/α-hetero) is 2. The number of H-pyrrole nitrogens is 1. The summed E-state index contributed by atoms with van der Waals surface area (Å²) in [4.78, 5) is 28.9. The van der Waals surface area contributed by atoms with Crippen LogP contribution in [-0.4, -0.2) is 41.5 Å². The molecule has 0 aliphatic heterocycles. The van der Waals surface area contributed by atoms with Crippen LogP contribution in [0.15, 0.2) is 61.4 Å². The van der Waals surface area contributed by atoms with Crippen LogP contribution in [0.3, 0.4) is 0 Å². The fourth-order valence-electron chi connectivity index (χ4n) is 1.98. The number of nitrogens with zero attached hydrogens (tertiary/aromatic N) is 5. The summed E-state index contributed by atoms with van der Waals surface area (Å²) in [5.41, 5.74) is 0.952. The summed E-state index contributed by atoms with van der Waals surface area (Å²) >= 11 is 0. The van der Waals surface area contributed by atoms with Crippen LogP contribution >= 0.6 is 0 Å². The van der Waals surface area contributed by atoms with E-state index in [9.17, 15) is 22.8 Å². The molecule has 1 N–H and O–H groups in total. The molecule has 4 aromatic rings. The smallest absolute Gasteiger partial charge is 0.212 e. The highest BCUT2D eigenvalue weighted by atomic mass is 19.1. The summed E-state index contributed by atoms with van der Waals surface area (Å²) in [6.07, 6.45) is 7.27. The van der Waals surface area contributed by atoms with Gasteiger partial charge in [0, 0.05) is 23.5 Å². The lowest BCUT2D eigenvalue weighted by atomic mass is 10.2. The molecule has 0 spiro atoms. The molecule has 0 radical (unpaired) electrons. The van der Waals surface area contributed by atoms with Gasteiger partial charge in [0.2, 0.25) is 5.95 Å². The highest BCUT2D eigenvalue weighted by Crippen LogP contribution is 2.06. The molecule has 0 saturated heterocycles. The van der Waals surface area contributed by atoms with Crippen LogP contribution in [0.2, 0.25) is 0 Å². The first kappa shape index (κ1) is 23.1. The summed E-state index contributed by atoms with van der Waals surface area (Å²) < 4.78 is 37.7. The normalized spacial score (nSPS) is 9.71. The molecular weight excluding hydrogens is 413 g/mol. The SMILES string of the molecule is CC(=O)c1ccc(-n2cc(F)cn2)nc1.CC(=O)c1ccc(F)nc1.Fc1cn[nH]c1. The second-order valence-electron chi connectivity index (χ2n) is 5.91. The highest BCUT2D eigenvalue weighted by molar-refractivity contribution is 5.94. The van der Waals surface area contributed by atoms with E-state index in [1.54, 1.807) is 12.1 Å². The summed E-state index contributed by atoms with van der Waals surface area (Å²) in [6.45, 7) is 2.87. The maximum Gasteiger partial charge on any atom is 0.212 e. The zero-order valence-electron chi connectivity index (χ0n) is 16.5. The lowest BCUT2D eigenvalue weighted by Gasteiger charge is -2.00. The van der Waals surface area contributed by atoms with E-state index in [-0.39, 0.29) is 17.4 Å². The first-order chi connectivity index (χ1) is 14.8. The van der Waals surface area contributed by atoms with Gasteiger partial charge in [-0.2, -0.15) is 14.6 Å². The molecule has 160 valence electrons. The number of aromatic amines is 1. The molecule has 8 nitrogen and oxygen atoms in total. The third-order valence-corrected chi connectivity index (χ3v) is 3.54. The number of carbonyl (C=O) groups is 2. The van der Waals surface area contributed by atoms with E-state index in [4.69, 9.17) is 0 Å². The zero-order chi connectivity index (χ0) is 22.8. The minimum absolute atomic E-state index is 0.0549. The Kier molecular flexibility index (Phi) is 8.31. The fourth-order valence-corrected chi connectivity index (χ4v) is 1.98. The molecule has 31 heavy (non-hydrogen) atoms. The molecule has 4 aromatic heterocycles. The number of aromatic nitrogens is 6. The summed E-state index contributed by atoms with van der Waals surface area (Å²) in [7, 11) is 0. The topological polar surface area (TPSA) is 106 Å². The third kappa shape index (κ3) is 7.65. The molecule has 0 aliphatic rings. The highest BCUT2D eigenvalue weighted by Gasteiger charge is 2.03. The van der Waals surface area contributed by atoms with E-state index in [0.717, 1.165) is 18.5 Å². The van der Waals surface area contributed by atoms with Crippen molar-refractivity contribution in [1.29, 1.82) is 0 Å². The van der Waals surface area contributed by atoms with Crippen molar-refractivity contribution in [1.82, 2.24) is 29.9 Å². The van der Waals surface area contributed by atoms with Gasteiger partial charge in [-0.25, -0.2) is 23.4 Å². The number of carbonyl (C=O) groups excluding carboxylic acids is 2. The molecule has 0 fully saturated rings. The van der Waals surface area contributed by atoms with E-state index in [0.29, 0.717) is 16.9 Å². The van der Waals surface area contributed by atoms with Crippen LogP contribution in [0.25, 0.3) is 5.82 Å². The van der Waals surface area contributed by atoms with Crippen LogP contribution in [-0.2, 0) is 0 Å². The summed E-state index contributed by atoms with van der Waals surface area (Å²) in [5, 5.41) is 9.38. The Balaban J connectivity index is 0.000000183. The van der Waals surface area contributed by atoms with Crippen molar-refractivity contribution in [2.24, 2.45) is 0 Å². The van der Waals surface area contributed by atoms with E-state index in [1.165, 1.54) is 49.4 Å². The van der Waals surface area contributed by atoms with Crippen molar-refractivity contribution >= 4 is 11.6 Å². The molecular formula is C20H17F3N6O2. The number of hydrogen-bond donors (Lipinski definition) is 1. The number of nitrogens with one attached hydrogen (secondary N) is 1. The second kappa shape index (κ2) is 11.1. The van der Waals surface area contributed by atoms with Gasteiger partial charge in [0.15, 0.2) is 29.0 Å². The van der Waals surface area contributed by atoms with Crippen molar-refractivity contribution in [2.45, 2.75) is 13.8 Å². The molecule has 0 aromatic carbocycles. The molecule has 4 rings (SSSR count). The minimum Gasteiger partial charge on any atom is -0.294 e. The van der Waals surface area contributed by atoms with Crippen molar-refractivity contribution < 1.29 is 22.8 Å². The number of halogens is 3. The Morgan fingerprint density at radius 1 is 0.839 bits per heavy atom. The number of pyridine rings is 2. The van der Waals surface area contributed by atoms with Gasteiger partial charge in [0.25, 0.3) is 0 Å². The standard InChI is InChI=1S/C10H8FN3O.C7H6FNO.C3H3FN2/c1-7(15)8-2-3-10(12-4-8)14-6-9(11)5-13-14;1-5(10)6-2-3-7(8)9-4-6;4-3-1-5-6-2-3/h2-6H,1H3;2-4H,1H3;1-2H,(H,5,6). The Labute approximate surface area is 174 Å². The van der Waals surface area contributed by atoms with Crippen molar-refractivity contribution in [3.63, 3.8) is 0 Å². The lowest BCUT2D eigenvalue weighted by Crippen LogP contribution is -2.00. The predicted octanol–water partition coefficient (Wildman–Crippen LogP) is 3.58. The van der Waals surface area contributed by atoms with Gasteiger partial charge >= 0.3 is 0 Å². The second-order valence-corrected chi connectivity index (χ2v) is 5.91. The molecule has 0 bridgehead atoms. The number of rotatable bonds is 3. The average molecular weight is 430 g/mol. The summed E-state index contributed by atoms with van der Waals surface area (Å²) in [6, 6.07) is 5.81. The zero-order valence-corrected chi connectivity index (χ0v) is 16.5. The summed E-state index contributed by atoms with van der Waals surface area (Å²) in [5.74, 6) is -0.996. The van der Waals surface area contributed by atoms with Gasteiger partial charge in [0.05, 0.1) is 24.8 Å². The van der Waals surface area contributed by atoms with E-state index in [1.807, 2.05) is 0 Å². The Hall–Kier alpha value is -4.15. The predicted molar refractivity (Wildman–Crippen MR) is 104 cm³/mol. The van der Waals surface area contributed by atoms with Gasteiger partial charge in [-0.3, -0.25) is 14.7 Å². The monoisotopic (exact) mass is 430 g/mol. The van der Waals surface area contributed by atoms with E-state index in [2.05, 4.69) is 25.3 Å². The van der Waals surface area contributed by atoms with Crippen molar-refractivity contribution in [2.75, 3.05) is 0 Å². The largest absolute Gasteiger partial charge is 0.294 e. The van der Waals surface area contributed by atoms with Crippen molar-refractivity contribution in [3.05, 3.63) is 90.2 Å². The van der Waals surface area contributed by atoms with Gasteiger partial charge in [0.1, 0.15) is 0 Å². The molecule has 11 heteroatoms. The van der Waals surface area contributed by atoms with Crippen LogP contribution < -0.4 is 0 Å². The molecule has 4 heterocycles. The number of hydrogen-bond acceptors (Lipinski definition) is 6. The Morgan fingerprint density at radius 2 is 1.48 bits per heavy atom.